The summed E-state index contributed by atoms with van der Waals surface area (Å²) in [5, 5.41) is 0. The number of carbonyl (C=O) groups is 1. The Morgan fingerprint density at radius 1 is 1.21 bits per heavy atom. The molecule has 6 nitrogen and oxygen atoms in total. The molecule has 132 valence electrons. The number of nitrogens with zero attached hydrogens (tertiary/aromatic N) is 2. The van der Waals surface area contributed by atoms with Crippen LogP contribution >= 0.6 is 0 Å². The van der Waals surface area contributed by atoms with Gasteiger partial charge in [0.2, 0.25) is 5.91 Å². The van der Waals surface area contributed by atoms with E-state index in [0.717, 1.165) is 38.5 Å². The number of para-hydroxylation sites is 1. The lowest BCUT2D eigenvalue weighted by molar-refractivity contribution is -0.121. The number of rotatable bonds is 5. The van der Waals surface area contributed by atoms with Gasteiger partial charge in [-0.05, 0) is 18.6 Å². The molecule has 1 aromatic rings. The van der Waals surface area contributed by atoms with Gasteiger partial charge < -0.3 is 9.64 Å². The topological polar surface area (TPSA) is 66.9 Å². The lowest BCUT2D eigenvalue weighted by Gasteiger charge is -2.31. The van der Waals surface area contributed by atoms with Crippen molar-refractivity contribution < 1.29 is 17.9 Å². The van der Waals surface area contributed by atoms with Crippen molar-refractivity contribution in [2.24, 2.45) is 5.92 Å². The third kappa shape index (κ3) is 4.34. The van der Waals surface area contributed by atoms with Crippen LogP contribution in [-0.2, 0) is 19.4 Å². The van der Waals surface area contributed by atoms with Crippen molar-refractivity contribution in [1.82, 2.24) is 4.90 Å². The van der Waals surface area contributed by atoms with Gasteiger partial charge in [0.05, 0.1) is 30.6 Å². The predicted octanol–water partition coefficient (Wildman–Crippen LogP) is 0.787. The molecule has 2 aliphatic heterocycles. The summed E-state index contributed by atoms with van der Waals surface area (Å²) in [6.45, 7) is 4.52. The van der Waals surface area contributed by atoms with E-state index < -0.39 is 15.8 Å². The van der Waals surface area contributed by atoms with Crippen LogP contribution in [0.5, 0.6) is 0 Å². The van der Waals surface area contributed by atoms with Crippen LogP contribution in [0.1, 0.15) is 6.42 Å². The fourth-order valence-corrected chi connectivity index (χ4v) is 4.98. The van der Waals surface area contributed by atoms with Crippen LogP contribution in [0.2, 0.25) is 0 Å². The molecular formula is C17H24N2O4S. The zero-order valence-corrected chi connectivity index (χ0v) is 14.6. The third-order valence-electron chi connectivity index (χ3n) is 4.66. The van der Waals surface area contributed by atoms with E-state index in [-0.39, 0.29) is 17.4 Å². The van der Waals surface area contributed by atoms with Gasteiger partial charge >= 0.3 is 0 Å². The smallest absolute Gasteiger partial charge is 0.231 e. The predicted molar refractivity (Wildman–Crippen MR) is 92.8 cm³/mol. The molecular weight excluding hydrogens is 328 g/mol. The number of amides is 1. The molecule has 24 heavy (non-hydrogen) atoms. The molecule has 0 unspecified atom stereocenters. The molecule has 3 rings (SSSR count). The Kier molecular flexibility index (Phi) is 5.53. The van der Waals surface area contributed by atoms with Gasteiger partial charge in [0.15, 0.2) is 9.84 Å². The highest BCUT2D eigenvalue weighted by molar-refractivity contribution is 7.91. The quantitative estimate of drug-likeness (QED) is 0.784. The van der Waals surface area contributed by atoms with E-state index in [2.05, 4.69) is 4.90 Å². The largest absolute Gasteiger partial charge is 0.379 e. The van der Waals surface area contributed by atoms with Gasteiger partial charge in [-0.15, -0.1) is 0 Å². The zero-order valence-electron chi connectivity index (χ0n) is 13.8. The molecule has 0 radical (unpaired) electrons. The summed E-state index contributed by atoms with van der Waals surface area (Å²) in [4.78, 5) is 17.0. The number of anilines is 1. The molecule has 0 spiro atoms. The Morgan fingerprint density at radius 2 is 1.92 bits per heavy atom. The van der Waals surface area contributed by atoms with E-state index in [4.69, 9.17) is 4.74 Å². The van der Waals surface area contributed by atoms with Gasteiger partial charge in [0.25, 0.3) is 0 Å². The number of hydrogen-bond acceptors (Lipinski definition) is 5. The summed E-state index contributed by atoms with van der Waals surface area (Å²) in [5.41, 5.74) is 0.833. The first-order valence-electron chi connectivity index (χ1n) is 8.42. The Balaban J connectivity index is 1.71. The number of carbonyl (C=O) groups excluding carboxylic acids is 1. The summed E-state index contributed by atoms with van der Waals surface area (Å²) in [6, 6.07) is 9.51. The van der Waals surface area contributed by atoms with E-state index in [1.807, 2.05) is 30.3 Å². The minimum absolute atomic E-state index is 0.0211. The van der Waals surface area contributed by atoms with Gasteiger partial charge in [-0.3, -0.25) is 9.69 Å². The average molecular weight is 352 g/mol. The van der Waals surface area contributed by atoms with Crippen LogP contribution in [0.4, 0.5) is 5.69 Å². The second kappa shape index (κ2) is 7.63. The molecule has 0 aromatic heterocycles. The fraction of sp³-hybridized carbons (Fsp3) is 0.588. The Bertz CT molecular complexity index is 656. The van der Waals surface area contributed by atoms with Crippen molar-refractivity contribution in [2.45, 2.75) is 6.42 Å². The van der Waals surface area contributed by atoms with E-state index in [1.54, 1.807) is 4.90 Å². The minimum atomic E-state index is -3.07. The molecule has 1 amide bonds. The maximum Gasteiger partial charge on any atom is 0.231 e. The van der Waals surface area contributed by atoms with E-state index >= 15 is 0 Å². The minimum Gasteiger partial charge on any atom is -0.379 e. The Hall–Kier alpha value is -1.44. The molecule has 2 aliphatic rings. The summed E-state index contributed by atoms with van der Waals surface area (Å²) >= 11 is 0. The molecule has 1 aromatic carbocycles. The highest BCUT2D eigenvalue weighted by Gasteiger charge is 2.35. The second-order valence-corrected chi connectivity index (χ2v) is 8.61. The first kappa shape index (κ1) is 17.4. The molecule has 0 aliphatic carbocycles. The van der Waals surface area contributed by atoms with Crippen LogP contribution in [0.3, 0.4) is 0 Å². The summed E-state index contributed by atoms with van der Waals surface area (Å²) < 4.78 is 28.8. The van der Waals surface area contributed by atoms with E-state index in [1.165, 1.54) is 0 Å². The lowest BCUT2D eigenvalue weighted by atomic mass is 10.1. The number of morpholine rings is 1. The van der Waals surface area contributed by atoms with Gasteiger partial charge in [0, 0.05) is 31.9 Å². The first-order valence-corrected chi connectivity index (χ1v) is 10.2. The Labute approximate surface area is 143 Å². The first-order chi connectivity index (χ1) is 11.6. The van der Waals surface area contributed by atoms with Gasteiger partial charge in [-0.25, -0.2) is 8.42 Å². The molecule has 0 saturated carbocycles. The summed E-state index contributed by atoms with van der Waals surface area (Å²) in [7, 11) is -3.07. The van der Waals surface area contributed by atoms with Gasteiger partial charge in [-0.1, -0.05) is 18.2 Å². The summed E-state index contributed by atoms with van der Waals surface area (Å²) in [5.74, 6) is -0.391. The molecule has 2 heterocycles. The number of ether oxygens (including phenoxy) is 1. The van der Waals surface area contributed by atoms with Crippen molar-refractivity contribution in [3.05, 3.63) is 30.3 Å². The van der Waals surface area contributed by atoms with Crippen molar-refractivity contribution in [3.63, 3.8) is 0 Å². The maximum absolute atomic E-state index is 12.9. The highest BCUT2D eigenvalue weighted by atomic mass is 32.2. The van der Waals surface area contributed by atoms with Crippen LogP contribution in [0.15, 0.2) is 30.3 Å². The molecule has 7 heteroatoms. The molecule has 0 bridgehead atoms. The van der Waals surface area contributed by atoms with E-state index in [0.29, 0.717) is 13.0 Å². The fourth-order valence-electron chi connectivity index (χ4n) is 3.25. The lowest BCUT2D eigenvalue weighted by Crippen LogP contribution is -2.45. The standard InChI is InChI=1S/C17H24N2O4S/c20-17(15-6-13-24(21,22)14-15)19(16-4-2-1-3-5-16)8-7-18-9-11-23-12-10-18/h1-5,15H,6-14H2/t15-/m1/s1. The normalized spacial score (nSPS) is 23.9. The average Bonchev–Trinajstić information content (AvgIpc) is 2.97. The number of benzene rings is 1. The van der Waals surface area contributed by atoms with Crippen LogP contribution < -0.4 is 4.90 Å². The number of hydrogen-bond donors (Lipinski definition) is 0. The van der Waals surface area contributed by atoms with Gasteiger partial charge in [0.1, 0.15) is 0 Å². The summed E-state index contributed by atoms with van der Waals surface area (Å²) in [6.07, 6.45) is 0.433. The molecule has 2 fully saturated rings. The van der Waals surface area contributed by atoms with Crippen molar-refractivity contribution in [2.75, 3.05) is 55.8 Å². The Morgan fingerprint density at radius 3 is 2.54 bits per heavy atom. The van der Waals surface area contributed by atoms with Crippen LogP contribution in [0.25, 0.3) is 0 Å². The zero-order chi connectivity index (χ0) is 17.0. The van der Waals surface area contributed by atoms with Crippen LogP contribution in [0, 0.1) is 5.92 Å². The molecule has 0 N–H and O–H groups in total. The molecule has 2 saturated heterocycles. The van der Waals surface area contributed by atoms with Crippen molar-refractivity contribution in [1.29, 1.82) is 0 Å². The second-order valence-electron chi connectivity index (χ2n) is 6.38. The monoisotopic (exact) mass is 352 g/mol. The molecule has 1 atom stereocenters. The van der Waals surface area contributed by atoms with E-state index in [9.17, 15) is 13.2 Å². The third-order valence-corrected chi connectivity index (χ3v) is 6.43. The maximum atomic E-state index is 12.9. The van der Waals surface area contributed by atoms with Crippen molar-refractivity contribution >= 4 is 21.4 Å². The number of sulfone groups is 1. The highest BCUT2D eigenvalue weighted by Crippen LogP contribution is 2.24. The van der Waals surface area contributed by atoms with Crippen molar-refractivity contribution in [3.8, 4) is 0 Å². The van der Waals surface area contributed by atoms with Gasteiger partial charge in [-0.2, -0.15) is 0 Å². The van der Waals surface area contributed by atoms with Crippen LogP contribution in [-0.4, -0.2) is 70.1 Å². The SMILES string of the molecule is O=C([C@@H]1CCS(=O)(=O)C1)N(CCN1CCOCC1)c1ccccc1.